The number of fused-ring (bicyclic) bond motifs is 1. The number of carbonyl (C=O) groups is 2. The van der Waals surface area contributed by atoms with E-state index in [1.807, 2.05) is 55.6 Å². The van der Waals surface area contributed by atoms with E-state index in [9.17, 15) is 9.59 Å². The monoisotopic (exact) mass is 381 g/mol. The van der Waals surface area contributed by atoms with E-state index in [0.29, 0.717) is 17.8 Å². The zero-order chi connectivity index (χ0) is 19.2. The Labute approximate surface area is 162 Å². The van der Waals surface area contributed by atoms with E-state index in [2.05, 4.69) is 15.6 Å². The summed E-state index contributed by atoms with van der Waals surface area (Å²) in [5.41, 5.74) is 2.05. The molecule has 0 aliphatic rings. The molecule has 140 valence electrons. The second kappa shape index (κ2) is 8.77. The fourth-order valence-corrected chi connectivity index (χ4v) is 3.58. The van der Waals surface area contributed by atoms with E-state index >= 15 is 0 Å². The van der Waals surface area contributed by atoms with Crippen LogP contribution in [0.5, 0.6) is 0 Å². The van der Waals surface area contributed by atoms with Gasteiger partial charge < -0.3 is 10.6 Å². The van der Waals surface area contributed by atoms with Crippen molar-refractivity contribution in [2.75, 3.05) is 6.54 Å². The van der Waals surface area contributed by atoms with E-state index in [-0.39, 0.29) is 17.7 Å². The van der Waals surface area contributed by atoms with Crippen LogP contribution in [0, 0.1) is 5.92 Å². The van der Waals surface area contributed by atoms with Gasteiger partial charge in [0.15, 0.2) is 0 Å². The third-order valence-electron chi connectivity index (χ3n) is 4.39. The molecule has 6 heteroatoms. The van der Waals surface area contributed by atoms with Gasteiger partial charge in [0.25, 0.3) is 5.91 Å². The quantitative estimate of drug-likeness (QED) is 0.659. The molecular formula is C21H23N3O2S. The molecule has 27 heavy (non-hydrogen) atoms. The Bertz CT molecular complexity index is 917. The molecule has 0 radical (unpaired) electrons. The molecule has 0 saturated carbocycles. The smallest absolute Gasteiger partial charge is 0.262 e. The van der Waals surface area contributed by atoms with Crippen LogP contribution in [0.1, 0.15) is 29.1 Å². The third kappa shape index (κ3) is 4.71. The lowest BCUT2D eigenvalue weighted by atomic mass is 10.0. The SMILES string of the molecule is CC(C)C(NC(=O)c1cccs1)C(=O)NCCc1cccc2cccnc12. The van der Waals surface area contributed by atoms with Gasteiger partial charge in [0, 0.05) is 18.1 Å². The first kappa shape index (κ1) is 19.0. The summed E-state index contributed by atoms with van der Waals surface area (Å²) in [6.07, 6.45) is 2.46. The number of nitrogens with one attached hydrogen (secondary N) is 2. The van der Waals surface area contributed by atoms with E-state index in [1.165, 1.54) is 11.3 Å². The summed E-state index contributed by atoms with van der Waals surface area (Å²) in [7, 11) is 0. The summed E-state index contributed by atoms with van der Waals surface area (Å²) in [6.45, 7) is 4.34. The highest BCUT2D eigenvalue weighted by atomic mass is 32.1. The highest BCUT2D eigenvalue weighted by Gasteiger charge is 2.24. The Kier molecular flexibility index (Phi) is 6.19. The van der Waals surface area contributed by atoms with Crippen LogP contribution in [-0.2, 0) is 11.2 Å². The first-order valence-electron chi connectivity index (χ1n) is 9.01. The molecule has 1 aromatic carbocycles. The maximum atomic E-state index is 12.6. The Balaban J connectivity index is 1.60. The zero-order valence-electron chi connectivity index (χ0n) is 15.4. The number of amides is 2. The standard InChI is InChI=1S/C21H23N3O2S/c1-14(2)18(24-20(25)17-9-5-13-27-17)21(26)23-12-10-16-7-3-6-15-8-4-11-22-19(15)16/h3-9,11,13-14,18H,10,12H2,1-2H3,(H,23,26)(H,24,25). The minimum Gasteiger partial charge on any atom is -0.354 e. The lowest BCUT2D eigenvalue weighted by molar-refractivity contribution is -0.123. The van der Waals surface area contributed by atoms with Crippen LogP contribution in [-0.4, -0.2) is 29.4 Å². The van der Waals surface area contributed by atoms with Crippen LogP contribution in [0.4, 0.5) is 0 Å². The van der Waals surface area contributed by atoms with Gasteiger partial charge in [0.1, 0.15) is 6.04 Å². The van der Waals surface area contributed by atoms with Crippen LogP contribution in [0.3, 0.4) is 0 Å². The second-order valence-electron chi connectivity index (χ2n) is 6.71. The Morgan fingerprint density at radius 3 is 2.67 bits per heavy atom. The van der Waals surface area contributed by atoms with Gasteiger partial charge in [-0.2, -0.15) is 0 Å². The first-order chi connectivity index (χ1) is 13.1. The van der Waals surface area contributed by atoms with E-state index in [1.54, 1.807) is 12.3 Å². The van der Waals surface area contributed by atoms with Gasteiger partial charge in [0.2, 0.25) is 5.91 Å². The number of benzene rings is 1. The highest BCUT2D eigenvalue weighted by molar-refractivity contribution is 7.12. The molecule has 2 amide bonds. The number of pyridine rings is 1. The van der Waals surface area contributed by atoms with Crippen LogP contribution >= 0.6 is 11.3 Å². The first-order valence-corrected chi connectivity index (χ1v) is 9.89. The normalized spacial score (nSPS) is 12.1. The predicted octanol–water partition coefficient (Wildman–Crippen LogP) is 3.41. The Hall–Kier alpha value is -2.73. The van der Waals surface area contributed by atoms with Crippen molar-refractivity contribution in [3.05, 3.63) is 64.5 Å². The molecule has 2 heterocycles. The van der Waals surface area contributed by atoms with Gasteiger partial charge in [-0.05, 0) is 35.4 Å². The molecule has 1 atom stereocenters. The maximum absolute atomic E-state index is 12.6. The summed E-state index contributed by atoms with van der Waals surface area (Å²) >= 11 is 1.36. The van der Waals surface area contributed by atoms with Crippen LogP contribution < -0.4 is 10.6 Å². The van der Waals surface area contributed by atoms with Crippen molar-refractivity contribution >= 4 is 34.1 Å². The van der Waals surface area contributed by atoms with Crippen LogP contribution in [0.2, 0.25) is 0 Å². The van der Waals surface area contributed by atoms with Crippen molar-refractivity contribution < 1.29 is 9.59 Å². The predicted molar refractivity (Wildman–Crippen MR) is 109 cm³/mol. The number of para-hydroxylation sites is 1. The molecule has 0 aliphatic heterocycles. The Morgan fingerprint density at radius 1 is 1.11 bits per heavy atom. The number of thiophene rings is 1. The van der Waals surface area contributed by atoms with Gasteiger partial charge in [-0.3, -0.25) is 14.6 Å². The van der Waals surface area contributed by atoms with Gasteiger partial charge in [-0.1, -0.05) is 44.2 Å². The number of nitrogens with zero attached hydrogens (tertiary/aromatic N) is 1. The second-order valence-corrected chi connectivity index (χ2v) is 7.65. The van der Waals surface area contributed by atoms with Gasteiger partial charge in [-0.15, -0.1) is 11.3 Å². The summed E-state index contributed by atoms with van der Waals surface area (Å²) < 4.78 is 0. The van der Waals surface area contributed by atoms with Crippen molar-refractivity contribution in [2.24, 2.45) is 5.92 Å². The lowest BCUT2D eigenvalue weighted by Gasteiger charge is -2.21. The van der Waals surface area contributed by atoms with Crippen LogP contribution in [0.25, 0.3) is 10.9 Å². The van der Waals surface area contributed by atoms with Gasteiger partial charge in [0.05, 0.1) is 10.4 Å². The van der Waals surface area contributed by atoms with Gasteiger partial charge in [-0.25, -0.2) is 0 Å². The molecule has 0 bridgehead atoms. The average Bonchev–Trinajstić information content (AvgIpc) is 3.20. The molecule has 0 fully saturated rings. The lowest BCUT2D eigenvalue weighted by Crippen LogP contribution is -2.49. The summed E-state index contributed by atoms with van der Waals surface area (Å²) in [5, 5.41) is 8.73. The number of rotatable bonds is 7. The largest absolute Gasteiger partial charge is 0.354 e. The van der Waals surface area contributed by atoms with Crippen molar-refractivity contribution in [3.8, 4) is 0 Å². The topological polar surface area (TPSA) is 71.1 Å². The van der Waals surface area contributed by atoms with Crippen molar-refractivity contribution in [3.63, 3.8) is 0 Å². The average molecular weight is 382 g/mol. The molecule has 3 aromatic rings. The molecule has 1 unspecified atom stereocenters. The maximum Gasteiger partial charge on any atom is 0.262 e. The van der Waals surface area contributed by atoms with E-state index < -0.39 is 6.04 Å². The summed E-state index contributed by atoms with van der Waals surface area (Å²) in [4.78, 5) is 29.9. The number of hydrogen-bond acceptors (Lipinski definition) is 4. The molecule has 2 aromatic heterocycles. The number of carbonyl (C=O) groups excluding carboxylic acids is 2. The fourth-order valence-electron chi connectivity index (χ4n) is 2.95. The van der Waals surface area contributed by atoms with Crippen molar-refractivity contribution in [1.29, 1.82) is 0 Å². The zero-order valence-corrected chi connectivity index (χ0v) is 16.3. The molecule has 3 rings (SSSR count). The third-order valence-corrected chi connectivity index (χ3v) is 5.26. The Morgan fingerprint density at radius 2 is 1.93 bits per heavy atom. The molecule has 5 nitrogen and oxygen atoms in total. The summed E-state index contributed by atoms with van der Waals surface area (Å²) in [6, 6.07) is 13.0. The number of hydrogen-bond donors (Lipinski definition) is 2. The summed E-state index contributed by atoms with van der Waals surface area (Å²) in [5.74, 6) is -0.381. The van der Waals surface area contributed by atoms with E-state index in [4.69, 9.17) is 0 Å². The number of aromatic nitrogens is 1. The van der Waals surface area contributed by atoms with E-state index in [0.717, 1.165) is 16.5 Å². The minimum atomic E-state index is -0.565. The van der Waals surface area contributed by atoms with Gasteiger partial charge >= 0.3 is 0 Å². The van der Waals surface area contributed by atoms with Crippen molar-refractivity contribution in [2.45, 2.75) is 26.3 Å². The molecule has 0 spiro atoms. The molecule has 0 saturated heterocycles. The highest BCUT2D eigenvalue weighted by Crippen LogP contribution is 2.16. The van der Waals surface area contributed by atoms with Crippen molar-refractivity contribution in [1.82, 2.24) is 15.6 Å². The molecule has 0 aliphatic carbocycles. The minimum absolute atomic E-state index is 0.00636. The molecule has 2 N–H and O–H groups in total. The molecular weight excluding hydrogens is 358 g/mol. The fraction of sp³-hybridized carbons (Fsp3) is 0.286. The van der Waals surface area contributed by atoms with Crippen LogP contribution in [0.15, 0.2) is 54.0 Å².